The zero-order chi connectivity index (χ0) is 17.9. The lowest BCUT2D eigenvalue weighted by Crippen LogP contribution is -2.53. The Labute approximate surface area is 144 Å². The van der Waals surface area contributed by atoms with E-state index in [0.29, 0.717) is 5.56 Å². The molecule has 1 aliphatic heterocycles. The maximum Gasteiger partial charge on any atom is 0.265 e. The lowest BCUT2D eigenvalue weighted by molar-refractivity contribution is -0.128. The summed E-state index contributed by atoms with van der Waals surface area (Å²) in [6.45, 7) is 3.73. The first kappa shape index (κ1) is 17.5. The van der Waals surface area contributed by atoms with Crippen LogP contribution in [-0.2, 0) is 9.59 Å². The number of amides is 2. The molecule has 0 atom stereocenters. The Morgan fingerprint density at radius 2 is 2.04 bits per heavy atom. The first-order valence-electron chi connectivity index (χ1n) is 6.87. The average molecular weight is 348 g/mol. The number of ether oxygens (including phenoxy) is 2. The smallest absolute Gasteiger partial charge is 0.265 e. The van der Waals surface area contributed by atoms with Crippen LogP contribution in [0.2, 0.25) is 0 Å². The molecule has 1 saturated heterocycles. The van der Waals surface area contributed by atoms with Crippen molar-refractivity contribution in [1.82, 2.24) is 10.2 Å². The van der Waals surface area contributed by atoms with E-state index in [4.69, 9.17) is 21.7 Å². The minimum absolute atomic E-state index is 0.0252. The molecular weight excluding hydrogens is 332 g/mol. The van der Waals surface area contributed by atoms with Crippen LogP contribution < -0.4 is 14.8 Å². The first-order chi connectivity index (χ1) is 11.4. The Hall–Kier alpha value is -2.87. The van der Waals surface area contributed by atoms with Gasteiger partial charge in [-0.1, -0.05) is 6.08 Å². The Morgan fingerprint density at radius 3 is 2.62 bits per heavy atom. The summed E-state index contributed by atoms with van der Waals surface area (Å²) in [6.07, 6.45) is 2.85. The molecule has 0 unspecified atom stereocenters. The van der Waals surface area contributed by atoms with Crippen LogP contribution in [0, 0.1) is 0 Å². The van der Waals surface area contributed by atoms with Crippen molar-refractivity contribution in [2.24, 2.45) is 0 Å². The molecule has 1 aromatic carbocycles. The van der Waals surface area contributed by atoms with Crippen molar-refractivity contribution in [3.63, 3.8) is 0 Å². The summed E-state index contributed by atoms with van der Waals surface area (Å²) in [4.78, 5) is 25.7. The summed E-state index contributed by atoms with van der Waals surface area (Å²) in [5.41, 5.74) is 0.284. The lowest BCUT2D eigenvalue weighted by Gasteiger charge is -2.27. The minimum Gasteiger partial charge on any atom is -0.504 e. The van der Waals surface area contributed by atoms with Crippen molar-refractivity contribution >= 4 is 35.2 Å². The average Bonchev–Trinajstić information content (AvgIpc) is 2.54. The summed E-state index contributed by atoms with van der Waals surface area (Å²) in [6, 6.07) is 2.90. The number of nitrogens with zero attached hydrogens (tertiary/aromatic N) is 1. The van der Waals surface area contributed by atoms with Gasteiger partial charge in [-0.15, -0.1) is 6.58 Å². The zero-order valence-corrected chi connectivity index (χ0v) is 14.0. The number of carbonyl (C=O) groups is 2. The van der Waals surface area contributed by atoms with E-state index in [9.17, 15) is 14.7 Å². The summed E-state index contributed by atoms with van der Waals surface area (Å²) >= 11 is 4.98. The standard InChI is InChI=1S/C16H16N2O5S/c1-4-5-18-15(21)10(14(20)17-16(18)24)6-9-7-11(19)13(23-3)12(8-9)22-2/h4,6-8,19H,1,5H2,2-3H3,(H,17,20,24). The van der Waals surface area contributed by atoms with Crippen molar-refractivity contribution < 1.29 is 24.2 Å². The molecule has 2 N–H and O–H groups in total. The number of phenolic OH excluding ortho intramolecular Hbond substituents is 1. The normalized spacial score (nSPS) is 16.2. The molecule has 0 saturated carbocycles. The summed E-state index contributed by atoms with van der Waals surface area (Å²) in [7, 11) is 2.80. The van der Waals surface area contributed by atoms with Crippen molar-refractivity contribution in [3.8, 4) is 17.2 Å². The van der Waals surface area contributed by atoms with E-state index in [2.05, 4.69) is 11.9 Å². The van der Waals surface area contributed by atoms with E-state index in [1.54, 1.807) is 0 Å². The van der Waals surface area contributed by atoms with Crippen LogP contribution in [0.5, 0.6) is 17.2 Å². The van der Waals surface area contributed by atoms with Crippen LogP contribution in [0.1, 0.15) is 5.56 Å². The molecule has 0 bridgehead atoms. The highest BCUT2D eigenvalue weighted by Crippen LogP contribution is 2.38. The highest BCUT2D eigenvalue weighted by atomic mass is 32.1. The van der Waals surface area contributed by atoms with E-state index in [-0.39, 0.29) is 34.5 Å². The van der Waals surface area contributed by atoms with E-state index < -0.39 is 11.8 Å². The topological polar surface area (TPSA) is 88.1 Å². The third-order valence-electron chi connectivity index (χ3n) is 3.29. The van der Waals surface area contributed by atoms with Crippen LogP contribution in [-0.4, -0.2) is 47.7 Å². The van der Waals surface area contributed by atoms with Gasteiger partial charge in [-0.25, -0.2) is 0 Å². The Balaban J connectivity index is 2.47. The van der Waals surface area contributed by atoms with Gasteiger partial charge in [0.25, 0.3) is 11.8 Å². The number of carbonyl (C=O) groups excluding carboxylic acids is 2. The fourth-order valence-electron chi connectivity index (χ4n) is 2.20. The second-order valence-electron chi connectivity index (χ2n) is 4.80. The third-order valence-corrected chi connectivity index (χ3v) is 3.61. The molecule has 8 heteroatoms. The van der Waals surface area contributed by atoms with Crippen LogP contribution in [0.25, 0.3) is 6.08 Å². The number of hydrogen-bond acceptors (Lipinski definition) is 6. The maximum atomic E-state index is 12.4. The maximum absolute atomic E-state index is 12.4. The van der Waals surface area contributed by atoms with Crippen LogP contribution >= 0.6 is 12.2 Å². The van der Waals surface area contributed by atoms with Gasteiger partial charge < -0.3 is 14.6 Å². The molecule has 0 aliphatic carbocycles. The van der Waals surface area contributed by atoms with Crippen molar-refractivity contribution in [3.05, 3.63) is 35.9 Å². The van der Waals surface area contributed by atoms with E-state index >= 15 is 0 Å². The summed E-state index contributed by atoms with van der Waals surface area (Å²) in [5.74, 6) is -0.900. The van der Waals surface area contributed by atoms with Crippen molar-refractivity contribution in [2.45, 2.75) is 0 Å². The van der Waals surface area contributed by atoms with Gasteiger partial charge in [-0.3, -0.25) is 19.8 Å². The van der Waals surface area contributed by atoms with Gasteiger partial charge in [0, 0.05) is 6.54 Å². The van der Waals surface area contributed by atoms with Gasteiger partial charge in [0.15, 0.2) is 16.6 Å². The molecule has 0 aromatic heterocycles. The number of nitrogens with one attached hydrogen (secondary N) is 1. The molecule has 1 aromatic rings. The molecule has 2 rings (SSSR count). The number of phenols is 1. The molecule has 7 nitrogen and oxygen atoms in total. The molecular formula is C16H16N2O5S. The van der Waals surface area contributed by atoms with Crippen LogP contribution in [0.15, 0.2) is 30.4 Å². The monoisotopic (exact) mass is 348 g/mol. The highest BCUT2D eigenvalue weighted by molar-refractivity contribution is 7.80. The first-order valence-corrected chi connectivity index (χ1v) is 7.28. The van der Waals surface area contributed by atoms with Gasteiger partial charge in [0.1, 0.15) is 5.57 Å². The van der Waals surface area contributed by atoms with Crippen LogP contribution in [0.4, 0.5) is 0 Å². The molecule has 2 amide bonds. The molecule has 1 fully saturated rings. The Kier molecular flexibility index (Phi) is 5.20. The Morgan fingerprint density at radius 1 is 1.33 bits per heavy atom. The van der Waals surface area contributed by atoms with E-state index in [1.165, 1.54) is 43.4 Å². The van der Waals surface area contributed by atoms with Gasteiger partial charge in [0.05, 0.1) is 14.2 Å². The summed E-state index contributed by atoms with van der Waals surface area (Å²) in [5, 5.41) is 12.4. The number of benzene rings is 1. The number of aromatic hydroxyl groups is 1. The molecule has 126 valence electrons. The number of hydrogen-bond donors (Lipinski definition) is 2. The van der Waals surface area contributed by atoms with Gasteiger partial charge in [-0.05, 0) is 36.0 Å². The number of thiocarbonyl (C=S) groups is 1. The van der Waals surface area contributed by atoms with Gasteiger partial charge in [0.2, 0.25) is 5.75 Å². The predicted octanol–water partition coefficient (Wildman–Crippen LogP) is 1.22. The fourth-order valence-corrected chi connectivity index (χ4v) is 2.45. The minimum atomic E-state index is -0.611. The quantitative estimate of drug-likeness (QED) is 0.360. The zero-order valence-electron chi connectivity index (χ0n) is 13.2. The lowest BCUT2D eigenvalue weighted by atomic mass is 10.1. The largest absolute Gasteiger partial charge is 0.504 e. The molecule has 0 spiro atoms. The van der Waals surface area contributed by atoms with Crippen molar-refractivity contribution in [2.75, 3.05) is 20.8 Å². The van der Waals surface area contributed by atoms with Gasteiger partial charge >= 0.3 is 0 Å². The number of methoxy groups -OCH3 is 2. The summed E-state index contributed by atoms with van der Waals surface area (Å²) < 4.78 is 10.2. The van der Waals surface area contributed by atoms with E-state index in [1.807, 2.05) is 0 Å². The molecule has 1 aliphatic rings. The van der Waals surface area contributed by atoms with Gasteiger partial charge in [-0.2, -0.15) is 0 Å². The SMILES string of the molecule is C=CCN1C(=O)C(=Cc2cc(O)c(OC)c(OC)c2)C(=O)NC1=S. The van der Waals surface area contributed by atoms with E-state index in [0.717, 1.165) is 0 Å². The molecule has 0 radical (unpaired) electrons. The second-order valence-corrected chi connectivity index (χ2v) is 5.18. The molecule has 1 heterocycles. The third kappa shape index (κ3) is 3.23. The number of rotatable bonds is 5. The van der Waals surface area contributed by atoms with Crippen LogP contribution in [0.3, 0.4) is 0 Å². The van der Waals surface area contributed by atoms with Crippen molar-refractivity contribution in [1.29, 1.82) is 0 Å². The fraction of sp³-hybridized carbons (Fsp3) is 0.188. The predicted molar refractivity (Wildman–Crippen MR) is 91.8 cm³/mol. The highest BCUT2D eigenvalue weighted by Gasteiger charge is 2.32. The Bertz CT molecular complexity index is 757. The second kappa shape index (κ2) is 7.14. The molecule has 24 heavy (non-hydrogen) atoms.